The molecule has 1 aromatic rings. The van der Waals surface area contributed by atoms with E-state index in [2.05, 4.69) is 5.32 Å². The molecule has 5 heteroatoms. The third kappa shape index (κ3) is 1.88. The van der Waals surface area contributed by atoms with Gasteiger partial charge in [0.25, 0.3) is 0 Å². The third-order valence-corrected chi connectivity index (χ3v) is 2.58. The highest BCUT2D eigenvalue weighted by molar-refractivity contribution is 5.85. The first kappa shape index (κ1) is 10.6. The van der Waals surface area contributed by atoms with Gasteiger partial charge in [0.2, 0.25) is 5.91 Å². The number of carbonyl (C=O) groups is 1. The molecule has 0 aromatic heterocycles. The second-order valence-corrected chi connectivity index (χ2v) is 3.64. The summed E-state index contributed by atoms with van der Waals surface area (Å²) in [4.78, 5) is 13.3. The second-order valence-electron chi connectivity index (χ2n) is 3.64. The molecule has 0 unspecified atom stereocenters. The SMILES string of the molecule is CNC(=O)CN1CCOc2cccc(N)c21. The maximum atomic E-state index is 11.4. The topological polar surface area (TPSA) is 67.6 Å². The van der Waals surface area contributed by atoms with Gasteiger partial charge in [0.1, 0.15) is 18.0 Å². The maximum absolute atomic E-state index is 11.4. The fourth-order valence-corrected chi connectivity index (χ4v) is 1.78. The number of nitrogen functional groups attached to an aromatic ring is 1. The molecule has 0 spiro atoms. The van der Waals surface area contributed by atoms with E-state index in [1.54, 1.807) is 7.05 Å². The number of hydrogen-bond donors (Lipinski definition) is 2. The summed E-state index contributed by atoms with van der Waals surface area (Å²) < 4.78 is 5.50. The van der Waals surface area contributed by atoms with Crippen molar-refractivity contribution in [2.45, 2.75) is 0 Å². The van der Waals surface area contributed by atoms with E-state index < -0.39 is 0 Å². The standard InChI is InChI=1S/C11H15N3O2/c1-13-10(15)7-14-5-6-16-9-4-2-3-8(12)11(9)14/h2-4H,5-7,12H2,1H3,(H,13,15). The van der Waals surface area contributed by atoms with Crippen LogP contribution in [0.4, 0.5) is 11.4 Å². The summed E-state index contributed by atoms with van der Waals surface area (Å²) in [6.45, 7) is 1.56. The monoisotopic (exact) mass is 221 g/mol. The lowest BCUT2D eigenvalue weighted by Crippen LogP contribution is -2.40. The molecule has 1 amide bonds. The number of nitrogens with two attached hydrogens (primary N) is 1. The van der Waals surface area contributed by atoms with Gasteiger partial charge in [-0.2, -0.15) is 0 Å². The average Bonchev–Trinajstić information content (AvgIpc) is 2.29. The largest absolute Gasteiger partial charge is 0.489 e. The van der Waals surface area contributed by atoms with Gasteiger partial charge in [-0.3, -0.25) is 4.79 Å². The first-order chi connectivity index (χ1) is 7.72. The summed E-state index contributed by atoms with van der Waals surface area (Å²) >= 11 is 0. The highest BCUT2D eigenvalue weighted by Gasteiger charge is 2.21. The van der Waals surface area contributed by atoms with Crippen molar-refractivity contribution in [1.29, 1.82) is 0 Å². The number of para-hydroxylation sites is 1. The molecule has 0 bridgehead atoms. The Morgan fingerprint density at radius 1 is 1.62 bits per heavy atom. The molecule has 1 aliphatic heterocycles. The van der Waals surface area contributed by atoms with E-state index in [0.29, 0.717) is 25.4 Å². The van der Waals surface area contributed by atoms with E-state index in [4.69, 9.17) is 10.5 Å². The van der Waals surface area contributed by atoms with Crippen molar-refractivity contribution in [3.05, 3.63) is 18.2 Å². The van der Waals surface area contributed by atoms with Gasteiger partial charge in [-0.25, -0.2) is 0 Å². The maximum Gasteiger partial charge on any atom is 0.239 e. The van der Waals surface area contributed by atoms with Crippen LogP contribution in [0.3, 0.4) is 0 Å². The molecular weight excluding hydrogens is 206 g/mol. The van der Waals surface area contributed by atoms with E-state index in [9.17, 15) is 4.79 Å². The van der Waals surface area contributed by atoms with E-state index in [1.165, 1.54) is 0 Å². The van der Waals surface area contributed by atoms with Crippen LogP contribution in [0.1, 0.15) is 0 Å². The molecule has 5 nitrogen and oxygen atoms in total. The van der Waals surface area contributed by atoms with Gasteiger partial charge in [-0.1, -0.05) is 6.07 Å². The number of benzene rings is 1. The van der Waals surface area contributed by atoms with Gasteiger partial charge in [0.15, 0.2) is 0 Å². The van der Waals surface area contributed by atoms with Crippen molar-refractivity contribution < 1.29 is 9.53 Å². The van der Waals surface area contributed by atoms with Crippen LogP contribution in [-0.4, -0.2) is 32.7 Å². The zero-order chi connectivity index (χ0) is 11.5. The molecular formula is C11H15N3O2. The number of amides is 1. The summed E-state index contributed by atoms with van der Waals surface area (Å²) in [6, 6.07) is 5.52. The molecule has 0 radical (unpaired) electrons. The Kier molecular flexibility index (Phi) is 2.85. The lowest BCUT2D eigenvalue weighted by Gasteiger charge is -2.31. The first-order valence-electron chi connectivity index (χ1n) is 5.19. The summed E-state index contributed by atoms with van der Waals surface area (Å²) in [5.41, 5.74) is 7.35. The molecule has 0 atom stereocenters. The molecule has 3 N–H and O–H groups in total. The highest BCUT2D eigenvalue weighted by Crippen LogP contribution is 2.36. The first-order valence-corrected chi connectivity index (χ1v) is 5.19. The zero-order valence-corrected chi connectivity index (χ0v) is 9.19. The van der Waals surface area contributed by atoms with Crippen LogP contribution in [0.15, 0.2) is 18.2 Å². The van der Waals surface area contributed by atoms with Crippen LogP contribution < -0.4 is 20.7 Å². The Hall–Kier alpha value is -1.91. The van der Waals surface area contributed by atoms with Crippen molar-refractivity contribution in [2.75, 3.05) is 37.4 Å². The summed E-state index contributed by atoms with van der Waals surface area (Å²) in [6.07, 6.45) is 0. The molecule has 0 saturated heterocycles. The number of nitrogens with one attached hydrogen (secondary N) is 1. The Morgan fingerprint density at radius 2 is 2.44 bits per heavy atom. The molecule has 0 aliphatic carbocycles. The van der Waals surface area contributed by atoms with Gasteiger partial charge >= 0.3 is 0 Å². The number of fused-ring (bicyclic) bond motifs is 1. The molecule has 1 aliphatic rings. The minimum Gasteiger partial charge on any atom is -0.489 e. The van der Waals surface area contributed by atoms with Crippen LogP contribution in [0.25, 0.3) is 0 Å². The number of carbonyl (C=O) groups excluding carboxylic acids is 1. The van der Waals surface area contributed by atoms with Gasteiger partial charge < -0.3 is 20.7 Å². The zero-order valence-electron chi connectivity index (χ0n) is 9.19. The van der Waals surface area contributed by atoms with Crippen molar-refractivity contribution in [3.63, 3.8) is 0 Å². The molecule has 0 saturated carbocycles. The smallest absolute Gasteiger partial charge is 0.239 e. The predicted octanol–water partition coefficient (Wildman–Crippen LogP) is 0.214. The van der Waals surface area contributed by atoms with Crippen LogP contribution >= 0.6 is 0 Å². The summed E-state index contributed by atoms with van der Waals surface area (Å²) in [7, 11) is 1.62. The van der Waals surface area contributed by atoms with Crippen molar-refractivity contribution in [2.24, 2.45) is 0 Å². The molecule has 86 valence electrons. The average molecular weight is 221 g/mol. The third-order valence-electron chi connectivity index (χ3n) is 2.58. The van der Waals surface area contributed by atoms with Crippen LogP contribution in [0.2, 0.25) is 0 Å². The minimum atomic E-state index is -0.0314. The molecule has 1 heterocycles. The Morgan fingerprint density at radius 3 is 3.19 bits per heavy atom. The second kappa shape index (κ2) is 4.30. The van der Waals surface area contributed by atoms with Crippen LogP contribution in [-0.2, 0) is 4.79 Å². The number of rotatable bonds is 2. The van der Waals surface area contributed by atoms with Gasteiger partial charge in [-0.05, 0) is 12.1 Å². The van der Waals surface area contributed by atoms with Crippen LogP contribution in [0, 0.1) is 0 Å². The molecule has 16 heavy (non-hydrogen) atoms. The number of likely N-dealkylation sites (N-methyl/N-ethyl adjacent to an activating group) is 1. The predicted molar refractivity (Wildman–Crippen MR) is 62.6 cm³/mol. The number of hydrogen-bond acceptors (Lipinski definition) is 4. The highest BCUT2D eigenvalue weighted by atomic mass is 16.5. The minimum absolute atomic E-state index is 0.0314. The quantitative estimate of drug-likeness (QED) is 0.701. The van der Waals surface area contributed by atoms with Crippen molar-refractivity contribution >= 4 is 17.3 Å². The number of nitrogens with zero attached hydrogens (tertiary/aromatic N) is 1. The Bertz CT molecular complexity index is 406. The molecule has 0 fully saturated rings. The molecule has 1 aromatic carbocycles. The summed E-state index contributed by atoms with van der Waals surface area (Å²) in [5.74, 6) is 0.714. The number of ether oxygens (including phenoxy) is 1. The fourth-order valence-electron chi connectivity index (χ4n) is 1.78. The van der Waals surface area contributed by atoms with Crippen LogP contribution in [0.5, 0.6) is 5.75 Å². The lowest BCUT2D eigenvalue weighted by atomic mass is 10.2. The van der Waals surface area contributed by atoms with E-state index in [-0.39, 0.29) is 5.91 Å². The normalized spacial score (nSPS) is 13.9. The van der Waals surface area contributed by atoms with Gasteiger partial charge in [-0.15, -0.1) is 0 Å². The number of anilines is 2. The molecule has 2 rings (SSSR count). The van der Waals surface area contributed by atoms with E-state index in [0.717, 1.165) is 11.4 Å². The van der Waals surface area contributed by atoms with Gasteiger partial charge in [0.05, 0.1) is 18.8 Å². The van der Waals surface area contributed by atoms with E-state index >= 15 is 0 Å². The fraction of sp³-hybridized carbons (Fsp3) is 0.364. The Labute approximate surface area is 94.2 Å². The van der Waals surface area contributed by atoms with Crippen molar-refractivity contribution in [1.82, 2.24) is 5.32 Å². The Balaban J connectivity index is 2.28. The summed E-state index contributed by atoms with van der Waals surface area (Å²) in [5, 5.41) is 2.60. The lowest BCUT2D eigenvalue weighted by molar-refractivity contribution is -0.119. The van der Waals surface area contributed by atoms with Crippen molar-refractivity contribution in [3.8, 4) is 5.75 Å². The van der Waals surface area contributed by atoms with E-state index in [1.807, 2.05) is 23.1 Å². The van der Waals surface area contributed by atoms with Gasteiger partial charge in [0, 0.05) is 7.05 Å².